The molecule has 1 unspecified atom stereocenters. The first-order chi connectivity index (χ1) is 8.66. The molecule has 18 heavy (non-hydrogen) atoms. The zero-order chi connectivity index (χ0) is 13.0. The van der Waals surface area contributed by atoms with Crippen molar-refractivity contribution in [3.05, 3.63) is 63.9 Å². The summed E-state index contributed by atoms with van der Waals surface area (Å²) in [5.41, 5.74) is 3.61. The van der Waals surface area contributed by atoms with Crippen molar-refractivity contribution in [3.8, 4) is 0 Å². The summed E-state index contributed by atoms with van der Waals surface area (Å²) in [7, 11) is 0. The van der Waals surface area contributed by atoms with E-state index >= 15 is 0 Å². The maximum atomic E-state index is 4.39. The van der Waals surface area contributed by atoms with Crippen molar-refractivity contribution >= 4 is 15.9 Å². The van der Waals surface area contributed by atoms with E-state index in [4.69, 9.17) is 0 Å². The lowest BCUT2D eigenvalue weighted by atomic mass is 10.1. The maximum Gasteiger partial charge on any atom is 0.0570 e. The van der Waals surface area contributed by atoms with Crippen LogP contribution in [0.4, 0.5) is 0 Å². The summed E-state index contributed by atoms with van der Waals surface area (Å²) in [6.45, 7) is 5.05. The first-order valence-electron chi connectivity index (χ1n) is 6.06. The zero-order valence-corrected chi connectivity index (χ0v) is 12.2. The van der Waals surface area contributed by atoms with Crippen LogP contribution in [0.2, 0.25) is 0 Å². The van der Waals surface area contributed by atoms with Crippen LogP contribution in [0.3, 0.4) is 0 Å². The minimum absolute atomic E-state index is 0.309. The molecule has 1 heterocycles. The highest BCUT2D eigenvalue weighted by Gasteiger charge is 2.06. The number of hydrogen-bond donors (Lipinski definition) is 1. The van der Waals surface area contributed by atoms with Gasteiger partial charge in [-0.15, -0.1) is 0 Å². The third-order valence-corrected chi connectivity index (χ3v) is 3.54. The van der Waals surface area contributed by atoms with Gasteiger partial charge in [0.2, 0.25) is 0 Å². The minimum Gasteiger partial charge on any atom is -0.305 e. The van der Waals surface area contributed by atoms with Crippen LogP contribution in [0.5, 0.6) is 0 Å². The van der Waals surface area contributed by atoms with Gasteiger partial charge in [0.1, 0.15) is 0 Å². The van der Waals surface area contributed by atoms with E-state index in [-0.39, 0.29) is 0 Å². The average Bonchev–Trinajstić information content (AvgIpc) is 2.37. The van der Waals surface area contributed by atoms with E-state index in [9.17, 15) is 0 Å². The van der Waals surface area contributed by atoms with Crippen molar-refractivity contribution in [2.24, 2.45) is 0 Å². The zero-order valence-electron chi connectivity index (χ0n) is 10.7. The van der Waals surface area contributed by atoms with Gasteiger partial charge in [0.05, 0.1) is 5.69 Å². The van der Waals surface area contributed by atoms with Crippen LogP contribution in [0.25, 0.3) is 0 Å². The molecule has 1 aromatic carbocycles. The van der Waals surface area contributed by atoms with E-state index in [1.54, 1.807) is 0 Å². The number of nitrogens with zero attached hydrogens (tertiary/aromatic N) is 1. The molecule has 0 amide bonds. The molecule has 3 heteroatoms. The number of aryl methyl sites for hydroxylation is 1. The Morgan fingerprint density at radius 3 is 2.83 bits per heavy atom. The third kappa shape index (κ3) is 3.40. The molecule has 94 valence electrons. The molecule has 0 fully saturated rings. The lowest BCUT2D eigenvalue weighted by Crippen LogP contribution is -2.19. The molecule has 0 aliphatic carbocycles. The van der Waals surface area contributed by atoms with E-state index in [0.717, 1.165) is 16.7 Å². The quantitative estimate of drug-likeness (QED) is 0.923. The SMILES string of the molecule is Cc1cccnc1CNC(C)c1cccc(Br)c1. The van der Waals surface area contributed by atoms with Gasteiger partial charge in [-0.1, -0.05) is 34.1 Å². The molecule has 2 nitrogen and oxygen atoms in total. The molecular formula is C15H17BrN2. The molecule has 1 N–H and O–H groups in total. The monoisotopic (exact) mass is 304 g/mol. The molecule has 0 aliphatic heterocycles. The lowest BCUT2D eigenvalue weighted by molar-refractivity contribution is 0.566. The Morgan fingerprint density at radius 1 is 1.28 bits per heavy atom. The Bertz CT molecular complexity index is 525. The molecular weight excluding hydrogens is 288 g/mol. The molecule has 2 rings (SSSR count). The van der Waals surface area contributed by atoms with Gasteiger partial charge in [0.25, 0.3) is 0 Å². The van der Waals surface area contributed by atoms with E-state index in [2.05, 4.69) is 64.3 Å². The highest BCUT2D eigenvalue weighted by molar-refractivity contribution is 9.10. The van der Waals surface area contributed by atoms with Crippen LogP contribution < -0.4 is 5.32 Å². The number of pyridine rings is 1. The van der Waals surface area contributed by atoms with E-state index in [1.165, 1.54) is 11.1 Å². The number of halogens is 1. The first-order valence-corrected chi connectivity index (χ1v) is 6.85. The molecule has 0 bridgehead atoms. The van der Waals surface area contributed by atoms with Crippen molar-refractivity contribution in [2.75, 3.05) is 0 Å². The Balaban J connectivity index is 2.00. The van der Waals surface area contributed by atoms with E-state index in [1.807, 2.05) is 18.3 Å². The fraction of sp³-hybridized carbons (Fsp3) is 0.267. The van der Waals surface area contributed by atoms with Gasteiger partial charge in [0.15, 0.2) is 0 Å². The minimum atomic E-state index is 0.309. The number of hydrogen-bond acceptors (Lipinski definition) is 2. The molecule has 1 atom stereocenters. The molecule has 0 radical (unpaired) electrons. The second kappa shape index (κ2) is 6.12. The highest BCUT2D eigenvalue weighted by atomic mass is 79.9. The summed E-state index contributed by atoms with van der Waals surface area (Å²) in [5, 5.41) is 3.50. The van der Waals surface area contributed by atoms with Crippen molar-refractivity contribution in [3.63, 3.8) is 0 Å². The summed E-state index contributed by atoms with van der Waals surface area (Å²) in [6.07, 6.45) is 1.84. The third-order valence-electron chi connectivity index (χ3n) is 3.04. The fourth-order valence-corrected chi connectivity index (χ4v) is 2.26. The van der Waals surface area contributed by atoms with Crippen LogP contribution in [0.15, 0.2) is 47.1 Å². The summed E-state index contributed by atoms with van der Waals surface area (Å²) in [4.78, 5) is 4.39. The largest absolute Gasteiger partial charge is 0.305 e. The smallest absolute Gasteiger partial charge is 0.0570 e. The topological polar surface area (TPSA) is 24.9 Å². The second-order valence-electron chi connectivity index (χ2n) is 4.42. The molecule has 0 spiro atoms. The Hall–Kier alpha value is -1.19. The predicted octanol–water partition coefficient (Wildman–Crippen LogP) is 4.00. The van der Waals surface area contributed by atoms with Crippen LogP contribution in [-0.4, -0.2) is 4.98 Å². The van der Waals surface area contributed by atoms with Crippen LogP contribution in [0, 0.1) is 6.92 Å². The molecule has 0 aliphatic rings. The molecule has 0 saturated carbocycles. The number of nitrogens with one attached hydrogen (secondary N) is 1. The van der Waals surface area contributed by atoms with Crippen LogP contribution in [0.1, 0.15) is 29.8 Å². The Morgan fingerprint density at radius 2 is 2.11 bits per heavy atom. The predicted molar refractivity (Wildman–Crippen MR) is 78.4 cm³/mol. The average molecular weight is 305 g/mol. The summed E-state index contributed by atoms with van der Waals surface area (Å²) < 4.78 is 1.11. The summed E-state index contributed by atoms with van der Waals surface area (Å²) >= 11 is 3.50. The first kappa shape index (κ1) is 13.2. The Kier molecular flexibility index (Phi) is 4.50. The van der Waals surface area contributed by atoms with Gasteiger partial charge in [-0.25, -0.2) is 0 Å². The second-order valence-corrected chi connectivity index (χ2v) is 5.34. The van der Waals surface area contributed by atoms with E-state index in [0.29, 0.717) is 6.04 Å². The molecule has 0 saturated heterocycles. The van der Waals surface area contributed by atoms with Gasteiger partial charge < -0.3 is 5.32 Å². The summed E-state index contributed by atoms with van der Waals surface area (Å²) in [5.74, 6) is 0. The van der Waals surface area contributed by atoms with Crippen molar-refractivity contribution < 1.29 is 0 Å². The van der Waals surface area contributed by atoms with Crippen LogP contribution in [-0.2, 0) is 6.54 Å². The van der Waals surface area contributed by atoms with Crippen molar-refractivity contribution in [2.45, 2.75) is 26.4 Å². The van der Waals surface area contributed by atoms with Gasteiger partial charge in [-0.05, 0) is 43.2 Å². The van der Waals surface area contributed by atoms with E-state index < -0.39 is 0 Å². The van der Waals surface area contributed by atoms with Crippen LogP contribution >= 0.6 is 15.9 Å². The number of rotatable bonds is 4. The molecule has 2 aromatic rings. The maximum absolute atomic E-state index is 4.39. The number of aromatic nitrogens is 1. The van der Waals surface area contributed by atoms with Crippen molar-refractivity contribution in [1.29, 1.82) is 0 Å². The normalized spacial score (nSPS) is 12.4. The van der Waals surface area contributed by atoms with Gasteiger partial charge in [-0.3, -0.25) is 4.98 Å². The summed E-state index contributed by atoms with van der Waals surface area (Å²) in [6, 6.07) is 12.7. The van der Waals surface area contributed by atoms with Crippen molar-refractivity contribution in [1.82, 2.24) is 10.3 Å². The molecule has 1 aromatic heterocycles. The highest BCUT2D eigenvalue weighted by Crippen LogP contribution is 2.18. The van der Waals surface area contributed by atoms with Gasteiger partial charge in [-0.2, -0.15) is 0 Å². The van der Waals surface area contributed by atoms with Gasteiger partial charge in [0, 0.05) is 23.3 Å². The Labute approximate surface area is 117 Å². The number of benzene rings is 1. The van der Waals surface area contributed by atoms with Gasteiger partial charge >= 0.3 is 0 Å². The standard InChI is InChI=1S/C15H17BrN2/c1-11-5-4-8-17-15(11)10-18-12(2)13-6-3-7-14(16)9-13/h3-9,12,18H,10H2,1-2H3. The fourth-order valence-electron chi connectivity index (χ4n) is 1.85. The lowest BCUT2D eigenvalue weighted by Gasteiger charge is -2.15.